The highest BCUT2D eigenvalue weighted by Crippen LogP contribution is 2.27. The van der Waals surface area contributed by atoms with Crippen LogP contribution in [-0.2, 0) is 5.88 Å². The molecule has 6 heteroatoms. The molecule has 1 aromatic rings. The predicted molar refractivity (Wildman–Crippen MR) is 50.0 cm³/mol. The Morgan fingerprint density at radius 1 is 1.67 bits per heavy atom. The third-order valence-electron chi connectivity index (χ3n) is 1.78. The van der Waals surface area contributed by atoms with Crippen molar-refractivity contribution in [1.29, 1.82) is 5.26 Å². The summed E-state index contributed by atoms with van der Waals surface area (Å²) in [5.74, 6) is -0.0397. The van der Waals surface area contributed by atoms with Crippen molar-refractivity contribution in [2.75, 3.05) is 7.11 Å². The molecule has 0 saturated carbocycles. The smallest absolute Gasteiger partial charge is 0.280 e. The van der Waals surface area contributed by atoms with Crippen LogP contribution in [0.2, 0.25) is 0 Å². The van der Waals surface area contributed by atoms with Gasteiger partial charge in [0.2, 0.25) is 5.88 Å². The van der Waals surface area contributed by atoms with E-state index in [-0.39, 0.29) is 17.3 Å². The van der Waals surface area contributed by atoms with E-state index in [9.17, 15) is 8.78 Å². The van der Waals surface area contributed by atoms with Crippen molar-refractivity contribution in [3.63, 3.8) is 0 Å². The summed E-state index contributed by atoms with van der Waals surface area (Å²) in [6.07, 6.45) is -2.74. The molecule has 0 fully saturated rings. The largest absolute Gasteiger partial charge is 0.481 e. The molecule has 1 heterocycles. The Labute approximate surface area is 90.3 Å². The summed E-state index contributed by atoms with van der Waals surface area (Å²) >= 11 is 5.57. The Kier molecular flexibility index (Phi) is 3.81. The molecule has 0 amide bonds. The zero-order valence-corrected chi connectivity index (χ0v) is 8.55. The van der Waals surface area contributed by atoms with Crippen LogP contribution in [0.4, 0.5) is 8.78 Å². The lowest BCUT2D eigenvalue weighted by Crippen LogP contribution is -2.01. The number of nitrogens with zero attached hydrogens (tertiary/aromatic N) is 2. The zero-order chi connectivity index (χ0) is 11.4. The Balaban J connectivity index is 3.37. The van der Waals surface area contributed by atoms with E-state index < -0.39 is 12.1 Å². The first-order valence-electron chi connectivity index (χ1n) is 3.96. The van der Waals surface area contributed by atoms with E-state index in [1.54, 1.807) is 6.07 Å². The van der Waals surface area contributed by atoms with Gasteiger partial charge in [0.15, 0.2) is 0 Å². The molecule has 3 nitrogen and oxygen atoms in total. The van der Waals surface area contributed by atoms with Crippen molar-refractivity contribution in [3.8, 4) is 11.9 Å². The van der Waals surface area contributed by atoms with E-state index in [4.69, 9.17) is 21.6 Å². The predicted octanol–water partition coefficient (Wildman–Crippen LogP) is 2.64. The summed E-state index contributed by atoms with van der Waals surface area (Å²) in [6.45, 7) is 0. The average molecular weight is 233 g/mol. The SMILES string of the molecule is COc1nc(C(F)F)cc(C#N)c1CCl. The van der Waals surface area contributed by atoms with Crippen molar-refractivity contribution in [2.45, 2.75) is 12.3 Å². The Morgan fingerprint density at radius 2 is 2.33 bits per heavy atom. The summed E-state index contributed by atoms with van der Waals surface area (Å²) < 4.78 is 29.5. The molecular weight excluding hydrogens is 226 g/mol. The number of hydrogen-bond acceptors (Lipinski definition) is 3. The van der Waals surface area contributed by atoms with Crippen molar-refractivity contribution in [1.82, 2.24) is 4.98 Å². The van der Waals surface area contributed by atoms with Gasteiger partial charge in [-0.1, -0.05) is 0 Å². The van der Waals surface area contributed by atoms with E-state index >= 15 is 0 Å². The first kappa shape index (κ1) is 11.7. The molecule has 1 rings (SSSR count). The first-order valence-corrected chi connectivity index (χ1v) is 4.49. The molecule has 1 aromatic heterocycles. The first-order chi connectivity index (χ1) is 7.13. The van der Waals surface area contributed by atoms with Gasteiger partial charge in [-0.15, -0.1) is 11.6 Å². The second-order valence-electron chi connectivity index (χ2n) is 2.63. The van der Waals surface area contributed by atoms with Gasteiger partial charge in [-0.2, -0.15) is 5.26 Å². The van der Waals surface area contributed by atoms with Crippen molar-refractivity contribution in [2.24, 2.45) is 0 Å². The Morgan fingerprint density at radius 3 is 2.73 bits per heavy atom. The molecule has 0 saturated heterocycles. The minimum absolute atomic E-state index is 0.0113. The highest BCUT2D eigenvalue weighted by Gasteiger charge is 2.17. The fourth-order valence-corrected chi connectivity index (χ4v) is 1.34. The van der Waals surface area contributed by atoms with E-state index in [1.807, 2.05) is 0 Å². The van der Waals surface area contributed by atoms with Gasteiger partial charge in [0, 0.05) is 5.56 Å². The monoisotopic (exact) mass is 232 g/mol. The average Bonchev–Trinajstić information content (AvgIpc) is 2.26. The van der Waals surface area contributed by atoms with Crippen molar-refractivity contribution < 1.29 is 13.5 Å². The highest BCUT2D eigenvalue weighted by molar-refractivity contribution is 6.17. The standard InChI is InChI=1S/C9H7ClF2N2O/c1-15-9-6(3-10)5(4-13)2-7(14-9)8(11)12/h2,8H,3H2,1H3. The maximum atomic E-state index is 12.4. The number of halogens is 3. The quantitative estimate of drug-likeness (QED) is 0.753. The van der Waals surface area contributed by atoms with Crippen LogP contribution < -0.4 is 4.74 Å². The minimum atomic E-state index is -2.74. The lowest BCUT2D eigenvalue weighted by Gasteiger charge is -2.08. The summed E-state index contributed by atoms with van der Waals surface area (Å²) in [4.78, 5) is 3.56. The molecule has 0 bridgehead atoms. The highest BCUT2D eigenvalue weighted by atomic mass is 35.5. The van der Waals surface area contributed by atoms with Gasteiger partial charge in [0.1, 0.15) is 5.69 Å². The van der Waals surface area contributed by atoms with Gasteiger partial charge in [-0.25, -0.2) is 13.8 Å². The minimum Gasteiger partial charge on any atom is -0.481 e. The molecule has 0 aliphatic rings. The van der Waals surface area contributed by atoms with Crippen LogP contribution >= 0.6 is 11.6 Å². The molecule has 0 aliphatic carbocycles. The van der Waals surface area contributed by atoms with Gasteiger partial charge in [0.05, 0.1) is 24.6 Å². The number of hydrogen-bond donors (Lipinski definition) is 0. The molecule has 0 unspecified atom stereocenters. The molecular formula is C9H7ClF2N2O. The van der Waals surface area contributed by atoms with Gasteiger partial charge in [-0.05, 0) is 6.07 Å². The molecule has 0 radical (unpaired) electrons. The fraction of sp³-hybridized carbons (Fsp3) is 0.333. The van der Waals surface area contributed by atoms with Crippen molar-refractivity contribution >= 4 is 11.6 Å². The summed E-state index contributed by atoms with van der Waals surface area (Å²) in [5, 5.41) is 8.74. The summed E-state index contributed by atoms with van der Waals surface area (Å²) in [5.41, 5.74) is -0.101. The number of aromatic nitrogens is 1. The maximum absolute atomic E-state index is 12.4. The Hall–Kier alpha value is -1.41. The molecule has 0 spiro atoms. The Bertz CT molecular complexity index is 404. The molecule has 15 heavy (non-hydrogen) atoms. The number of pyridine rings is 1. The van der Waals surface area contributed by atoms with E-state index in [1.165, 1.54) is 7.11 Å². The summed E-state index contributed by atoms with van der Waals surface area (Å²) in [7, 11) is 1.29. The third kappa shape index (κ3) is 2.34. The second-order valence-corrected chi connectivity index (χ2v) is 2.90. The van der Waals surface area contributed by atoms with Gasteiger partial charge < -0.3 is 4.74 Å². The fourth-order valence-electron chi connectivity index (χ4n) is 1.08. The van der Waals surface area contributed by atoms with Crippen molar-refractivity contribution in [3.05, 3.63) is 22.9 Å². The third-order valence-corrected chi connectivity index (χ3v) is 2.04. The van der Waals surface area contributed by atoms with Crippen LogP contribution in [0.3, 0.4) is 0 Å². The van der Waals surface area contributed by atoms with Crippen LogP contribution in [0.15, 0.2) is 6.07 Å². The topological polar surface area (TPSA) is 45.9 Å². The zero-order valence-electron chi connectivity index (χ0n) is 7.80. The van der Waals surface area contributed by atoms with E-state index in [2.05, 4.69) is 4.98 Å². The number of nitriles is 1. The number of rotatable bonds is 3. The van der Waals surface area contributed by atoms with Crippen LogP contribution in [-0.4, -0.2) is 12.1 Å². The number of ether oxygens (including phenoxy) is 1. The van der Waals surface area contributed by atoms with Gasteiger partial charge in [-0.3, -0.25) is 0 Å². The molecule has 80 valence electrons. The van der Waals surface area contributed by atoms with E-state index in [0.717, 1.165) is 6.07 Å². The lowest BCUT2D eigenvalue weighted by molar-refractivity contribution is 0.145. The van der Waals surface area contributed by atoms with Crippen LogP contribution in [0.1, 0.15) is 23.2 Å². The van der Waals surface area contributed by atoms with E-state index in [0.29, 0.717) is 5.56 Å². The lowest BCUT2D eigenvalue weighted by atomic mass is 10.1. The summed E-state index contributed by atoms with van der Waals surface area (Å²) in [6, 6.07) is 2.80. The number of alkyl halides is 3. The normalized spacial score (nSPS) is 10.1. The molecule has 0 N–H and O–H groups in total. The van der Waals surface area contributed by atoms with Gasteiger partial charge in [0.25, 0.3) is 6.43 Å². The molecule has 0 aliphatic heterocycles. The maximum Gasteiger partial charge on any atom is 0.280 e. The second kappa shape index (κ2) is 4.89. The van der Waals surface area contributed by atoms with Crippen LogP contribution in [0.5, 0.6) is 5.88 Å². The molecule has 0 atom stereocenters. The van der Waals surface area contributed by atoms with Gasteiger partial charge >= 0.3 is 0 Å². The molecule has 0 aromatic carbocycles. The number of methoxy groups -OCH3 is 1. The van der Waals surface area contributed by atoms with Crippen LogP contribution in [0, 0.1) is 11.3 Å². The van der Waals surface area contributed by atoms with Crippen LogP contribution in [0.25, 0.3) is 0 Å².